The van der Waals surface area contributed by atoms with E-state index in [-0.39, 0.29) is 5.91 Å². The van der Waals surface area contributed by atoms with Gasteiger partial charge in [0.25, 0.3) is 15.9 Å². The van der Waals surface area contributed by atoms with E-state index in [1.54, 1.807) is 41.8 Å². The number of nitrogens with zero attached hydrogens (tertiary/aromatic N) is 1. The predicted molar refractivity (Wildman–Crippen MR) is 127 cm³/mol. The first-order chi connectivity index (χ1) is 15.5. The Hall–Kier alpha value is -2.68. The van der Waals surface area contributed by atoms with Crippen molar-refractivity contribution in [3.8, 4) is 5.75 Å². The fourth-order valence-corrected chi connectivity index (χ4v) is 6.16. The van der Waals surface area contributed by atoms with Crippen molar-refractivity contribution in [3.05, 3.63) is 76.7 Å². The molecule has 0 saturated heterocycles. The lowest BCUT2D eigenvalue weighted by Gasteiger charge is -2.28. The van der Waals surface area contributed by atoms with E-state index in [1.165, 1.54) is 15.6 Å². The number of hydrogen-bond acceptors (Lipinski definition) is 5. The van der Waals surface area contributed by atoms with Crippen molar-refractivity contribution in [1.29, 1.82) is 0 Å². The minimum atomic E-state index is -3.50. The monoisotopic (exact) mass is 470 g/mol. The Morgan fingerprint density at radius 1 is 1.12 bits per heavy atom. The minimum Gasteiger partial charge on any atom is -0.494 e. The fraction of sp³-hybridized carbons (Fsp3) is 0.292. The van der Waals surface area contributed by atoms with Gasteiger partial charge in [0.15, 0.2) is 0 Å². The molecule has 168 valence electrons. The van der Waals surface area contributed by atoms with Crippen molar-refractivity contribution in [2.45, 2.75) is 36.9 Å². The van der Waals surface area contributed by atoms with E-state index in [9.17, 15) is 13.2 Å². The van der Waals surface area contributed by atoms with Crippen molar-refractivity contribution in [1.82, 2.24) is 4.31 Å². The van der Waals surface area contributed by atoms with Crippen molar-refractivity contribution < 1.29 is 17.9 Å². The molecule has 0 spiro atoms. The van der Waals surface area contributed by atoms with Crippen molar-refractivity contribution >= 4 is 33.0 Å². The van der Waals surface area contributed by atoms with Gasteiger partial charge in [-0.2, -0.15) is 4.31 Å². The first-order valence-corrected chi connectivity index (χ1v) is 13.0. The maximum atomic E-state index is 12.9. The van der Waals surface area contributed by atoms with Gasteiger partial charge in [-0.05, 0) is 71.8 Å². The first-order valence-electron chi connectivity index (χ1n) is 10.7. The Morgan fingerprint density at radius 2 is 1.94 bits per heavy atom. The third kappa shape index (κ3) is 5.03. The van der Waals surface area contributed by atoms with Crippen LogP contribution in [0.4, 0.5) is 5.69 Å². The number of thiophene rings is 1. The van der Waals surface area contributed by atoms with Gasteiger partial charge in [0.1, 0.15) is 9.96 Å². The quantitative estimate of drug-likeness (QED) is 0.474. The molecule has 4 rings (SSSR count). The molecule has 2 heterocycles. The predicted octanol–water partition coefficient (Wildman–Crippen LogP) is 4.93. The Balaban J connectivity index is 1.44. The molecule has 1 aromatic heterocycles. The molecule has 8 heteroatoms. The normalized spacial score (nSPS) is 14.0. The fourth-order valence-electron chi connectivity index (χ4n) is 3.59. The van der Waals surface area contributed by atoms with Gasteiger partial charge < -0.3 is 10.1 Å². The highest BCUT2D eigenvalue weighted by Crippen LogP contribution is 2.29. The van der Waals surface area contributed by atoms with Crippen LogP contribution in [0.5, 0.6) is 5.75 Å². The highest BCUT2D eigenvalue weighted by Gasteiger charge is 2.29. The molecule has 0 aliphatic carbocycles. The van der Waals surface area contributed by atoms with Gasteiger partial charge in [0.2, 0.25) is 0 Å². The van der Waals surface area contributed by atoms with Gasteiger partial charge in [0.05, 0.1) is 6.61 Å². The molecular formula is C24H26N2O4S2. The molecule has 1 N–H and O–H groups in total. The average Bonchev–Trinajstić information content (AvgIpc) is 3.35. The van der Waals surface area contributed by atoms with Crippen LogP contribution in [-0.2, 0) is 23.0 Å². The molecule has 32 heavy (non-hydrogen) atoms. The molecule has 0 atom stereocenters. The summed E-state index contributed by atoms with van der Waals surface area (Å²) in [4.78, 5) is 12.7. The molecule has 0 fully saturated rings. The van der Waals surface area contributed by atoms with Gasteiger partial charge in [-0.15, -0.1) is 11.3 Å². The number of amides is 1. The second-order valence-electron chi connectivity index (χ2n) is 7.68. The number of carbonyl (C=O) groups is 1. The van der Waals surface area contributed by atoms with Crippen molar-refractivity contribution in [2.24, 2.45) is 0 Å². The Kier molecular flexibility index (Phi) is 6.93. The Morgan fingerprint density at radius 3 is 2.66 bits per heavy atom. The number of ether oxygens (including phenoxy) is 1. The number of carbonyl (C=O) groups excluding carboxylic acids is 1. The summed E-state index contributed by atoms with van der Waals surface area (Å²) in [5, 5.41) is 4.68. The van der Waals surface area contributed by atoms with E-state index in [1.807, 2.05) is 18.2 Å². The summed E-state index contributed by atoms with van der Waals surface area (Å²) in [6.45, 7) is 3.52. The minimum absolute atomic E-state index is 0.219. The van der Waals surface area contributed by atoms with Gasteiger partial charge in [-0.3, -0.25) is 4.79 Å². The zero-order chi connectivity index (χ0) is 22.6. The van der Waals surface area contributed by atoms with Crippen LogP contribution in [0.2, 0.25) is 0 Å². The van der Waals surface area contributed by atoms with Gasteiger partial charge in [0, 0.05) is 24.3 Å². The van der Waals surface area contributed by atoms with Crippen LogP contribution in [0, 0.1) is 0 Å². The smallest absolute Gasteiger partial charge is 0.255 e. The van der Waals surface area contributed by atoms with Crippen LogP contribution < -0.4 is 10.1 Å². The summed E-state index contributed by atoms with van der Waals surface area (Å²) < 4.78 is 33.2. The number of nitrogens with one attached hydrogen (secondary N) is 1. The maximum absolute atomic E-state index is 12.9. The summed E-state index contributed by atoms with van der Waals surface area (Å²) in [5.74, 6) is 0.528. The molecular weight excluding hydrogens is 444 g/mol. The van der Waals surface area contributed by atoms with Crippen LogP contribution >= 0.6 is 11.3 Å². The lowest BCUT2D eigenvalue weighted by Crippen LogP contribution is -2.35. The van der Waals surface area contributed by atoms with E-state index < -0.39 is 10.0 Å². The standard InChI is InChI=1S/C24H26N2O4S2/c1-2-3-14-30-22-10-7-19(8-11-22)24(27)25-21-9-6-18-12-13-26(17-20(18)16-21)32(28,29)23-5-4-15-31-23/h4-11,15-16H,2-3,12-14,17H2,1H3,(H,25,27). The average molecular weight is 471 g/mol. The summed E-state index contributed by atoms with van der Waals surface area (Å²) in [6.07, 6.45) is 2.71. The van der Waals surface area contributed by atoms with E-state index in [2.05, 4.69) is 12.2 Å². The molecule has 6 nitrogen and oxygen atoms in total. The number of anilines is 1. The molecule has 1 amide bonds. The number of sulfonamides is 1. The second-order valence-corrected chi connectivity index (χ2v) is 10.8. The lowest BCUT2D eigenvalue weighted by molar-refractivity contribution is 0.102. The Labute approximate surface area is 192 Å². The van der Waals surface area contributed by atoms with Gasteiger partial charge >= 0.3 is 0 Å². The molecule has 0 bridgehead atoms. The third-order valence-electron chi connectivity index (χ3n) is 5.41. The number of benzene rings is 2. The number of hydrogen-bond donors (Lipinski definition) is 1. The summed E-state index contributed by atoms with van der Waals surface area (Å²) in [6, 6.07) is 16.1. The van der Waals surface area contributed by atoms with E-state index >= 15 is 0 Å². The van der Waals surface area contributed by atoms with E-state index in [4.69, 9.17) is 4.74 Å². The van der Waals surface area contributed by atoms with E-state index in [0.29, 0.717) is 41.6 Å². The third-order valence-corrected chi connectivity index (χ3v) is 8.63. The number of unbranched alkanes of at least 4 members (excludes halogenated alkanes) is 1. The maximum Gasteiger partial charge on any atom is 0.255 e. The number of fused-ring (bicyclic) bond motifs is 1. The van der Waals surface area contributed by atoms with Crippen LogP contribution in [-0.4, -0.2) is 31.8 Å². The highest BCUT2D eigenvalue weighted by molar-refractivity contribution is 7.91. The molecule has 1 aliphatic rings. The molecule has 1 aliphatic heterocycles. The van der Waals surface area contributed by atoms with Crippen LogP contribution in [0.1, 0.15) is 41.3 Å². The summed E-state index contributed by atoms with van der Waals surface area (Å²) in [5.41, 5.74) is 3.20. The van der Waals surface area contributed by atoms with Gasteiger partial charge in [-0.1, -0.05) is 25.5 Å². The second kappa shape index (κ2) is 9.85. The SMILES string of the molecule is CCCCOc1ccc(C(=O)Nc2ccc3c(c2)CN(S(=O)(=O)c2cccs2)CC3)cc1. The molecule has 0 saturated carbocycles. The lowest BCUT2D eigenvalue weighted by atomic mass is 10.0. The largest absolute Gasteiger partial charge is 0.494 e. The summed E-state index contributed by atoms with van der Waals surface area (Å²) >= 11 is 1.22. The highest BCUT2D eigenvalue weighted by atomic mass is 32.2. The van der Waals surface area contributed by atoms with Crippen LogP contribution in [0.3, 0.4) is 0 Å². The summed E-state index contributed by atoms with van der Waals surface area (Å²) in [7, 11) is -3.50. The zero-order valence-electron chi connectivity index (χ0n) is 17.9. The van der Waals surface area contributed by atoms with Gasteiger partial charge in [-0.25, -0.2) is 8.42 Å². The molecule has 2 aromatic carbocycles. The molecule has 3 aromatic rings. The van der Waals surface area contributed by atoms with Crippen LogP contribution in [0.25, 0.3) is 0 Å². The number of rotatable bonds is 8. The topological polar surface area (TPSA) is 75.7 Å². The first kappa shape index (κ1) is 22.5. The zero-order valence-corrected chi connectivity index (χ0v) is 19.5. The Bertz CT molecular complexity index is 1170. The van der Waals surface area contributed by atoms with Crippen molar-refractivity contribution in [3.63, 3.8) is 0 Å². The van der Waals surface area contributed by atoms with E-state index in [0.717, 1.165) is 29.7 Å². The molecule has 0 radical (unpaired) electrons. The van der Waals surface area contributed by atoms with Crippen LogP contribution in [0.15, 0.2) is 64.2 Å². The van der Waals surface area contributed by atoms with Crippen molar-refractivity contribution in [2.75, 3.05) is 18.5 Å². The molecule has 0 unspecified atom stereocenters.